The second kappa shape index (κ2) is 3.04. The van der Waals surface area contributed by atoms with Gasteiger partial charge in [0.1, 0.15) is 9.45 Å². The molecule has 0 aliphatic heterocycles. The van der Waals surface area contributed by atoms with Crippen molar-refractivity contribution in [1.82, 2.24) is 4.98 Å². The van der Waals surface area contributed by atoms with Crippen molar-refractivity contribution < 1.29 is 15.0 Å². The predicted molar refractivity (Wildman–Crippen MR) is 45.6 cm³/mol. The molecule has 0 radical (unpaired) electrons. The minimum absolute atomic E-state index is 0.307. The van der Waals surface area contributed by atoms with Gasteiger partial charge in [-0.25, -0.2) is 9.78 Å². The first-order chi connectivity index (χ1) is 5.11. The lowest BCUT2D eigenvalue weighted by Gasteiger charge is -1.96. The monoisotopic (exact) mass is 265 g/mol. The van der Waals surface area contributed by atoms with E-state index < -0.39 is 5.97 Å². The van der Waals surface area contributed by atoms with Crippen molar-refractivity contribution in [1.29, 1.82) is 0 Å². The molecule has 1 aromatic heterocycles. The Labute approximate surface area is 76.0 Å². The fourth-order valence-electron chi connectivity index (χ4n) is 0.585. The Hall–Kier alpha value is -0.850. The Bertz CT molecular complexity index is 300. The summed E-state index contributed by atoms with van der Waals surface area (Å²) in [5.41, 5.74) is -0.308. The van der Waals surface area contributed by atoms with E-state index in [0.29, 0.717) is 3.70 Å². The average molecular weight is 265 g/mol. The molecule has 1 heterocycles. The maximum Gasteiger partial charge on any atom is 0.358 e. The average Bonchev–Trinajstić information content (AvgIpc) is 1.94. The van der Waals surface area contributed by atoms with E-state index in [9.17, 15) is 4.79 Å². The summed E-state index contributed by atoms with van der Waals surface area (Å²) >= 11 is 1.87. The Balaban J connectivity index is 3.23. The topological polar surface area (TPSA) is 70.4 Å². The van der Waals surface area contributed by atoms with Gasteiger partial charge < -0.3 is 10.2 Å². The normalized spacial score (nSPS) is 9.55. The number of aromatic hydroxyl groups is 1. The number of carbonyl (C=O) groups is 1. The summed E-state index contributed by atoms with van der Waals surface area (Å²) in [5, 5.41) is 17.4. The molecule has 0 fully saturated rings. The molecule has 0 atom stereocenters. The van der Waals surface area contributed by atoms with Crippen molar-refractivity contribution in [2.75, 3.05) is 0 Å². The van der Waals surface area contributed by atoms with Crippen molar-refractivity contribution in [3.8, 4) is 5.75 Å². The highest BCUT2D eigenvalue weighted by molar-refractivity contribution is 14.1. The third-order valence-corrected chi connectivity index (χ3v) is 1.64. The van der Waals surface area contributed by atoms with E-state index in [-0.39, 0.29) is 11.4 Å². The Morgan fingerprint density at radius 1 is 1.55 bits per heavy atom. The van der Waals surface area contributed by atoms with Gasteiger partial charge in [-0.3, -0.25) is 0 Å². The fraction of sp³-hybridized carbons (Fsp3) is 0. The number of rotatable bonds is 1. The van der Waals surface area contributed by atoms with Gasteiger partial charge in [-0.15, -0.1) is 0 Å². The van der Waals surface area contributed by atoms with Crippen LogP contribution in [-0.4, -0.2) is 21.2 Å². The maximum absolute atomic E-state index is 10.3. The van der Waals surface area contributed by atoms with Gasteiger partial charge in [0.25, 0.3) is 0 Å². The Morgan fingerprint density at radius 3 is 2.64 bits per heavy atom. The number of aromatic carboxylic acids is 1. The number of hydrogen-bond donors (Lipinski definition) is 2. The van der Waals surface area contributed by atoms with Crippen LogP contribution in [0.4, 0.5) is 0 Å². The molecule has 0 saturated carbocycles. The minimum atomic E-state index is -1.22. The smallest absolute Gasteiger partial charge is 0.358 e. The van der Waals surface area contributed by atoms with Crippen LogP contribution in [0.1, 0.15) is 10.5 Å². The summed E-state index contributed by atoms with van der Waals surface area (Å²) < 4.78 is 0.540. The number of aromatic nitrogens is 1. The quantitative estimate of drug-likeness (QED) is 0.589. The van der Waals surface area contributed by atoms with Crippen LogP contribution in [0.25, 0.3) is 0 Å². The van der Waals surface area contributed by atoms with Crippen molar-refractivity contribution in [2.24, 2.45) is 0 Å². The summed E-state index contributed by atoms with van der Waals surface area (Å²) in [7, 11) is 0. The maximum atomic E-state index is 10.3. The molecule has 5 heteroatoms. The molecule has 2 N–H and O–H groups in total. The fourth-order valence-corrected chi connectivity index (χ4v) is 1.01. The van der Waals surface area contributed by atoms with Crippen LogP contribution in [0.3, 0.4) is 0 Å². The van der Waals surface area contributed by atoms with Crippen LogP contribution in [0.15, 0.2) is 12.1 Å². The Morgan fingerprint density at radius 2 is 2.18 bits per heavy atom. The lowest BCUT2D eigenvalue weighted by molar-refractivity contribution is 0.0686. The lowest BCUT2D eigenvalue weighted by atomic mass is 10.3. The second-order valence-corrected chi connectivity index (χ2v) is 2.91. The number of hydrogen-bond acceptors (Lipinski definition) is 3. The van der Waals surface area contributed by atoms with Crippen molar-refractivity contribution >= 4 is 28.6 Å². The van der Waals surface area contributed by atoms with Gasteiger partial charge in [0.2, 0.25) is 0 Å². The zero-order valence-corrected chi connectivity index (χ0v) is 7.44. The molecule has 0 aliphatic carbocycles. The van der Waals surface area contributed by atoms with E-state index in [1.165, 1.54) is 12.1 Å². The standard InChI is InChI=1S/C6H4INO3/c7-4-2-1-3(9)5(8-4)6(10)11/h1-2,9H,(H,10,11). The van der Waals surface area contributed by atoms with Gasteiger partial charge in [-0.1, -0.05) is 0 Å². The van der Waals surface area contributed by atoms with Crippen LogP contribution in [-0.2, 0) is 0 Å². The largest absolute Gasteiger partial charge is 0.505 e. The molecule has 0 saturated heterocycles. The van der Waals surface area contributed by atoms with Crippen LogP contribution in [0, 0.1) is 3.70 Å². The second-order valence-electron chi connectivity index (χ2n) is 1.81. The lowest BCUT2D eigenvalue weighted by Crippen LogP contribution is -2.01. The van der Waals surface area contributed by atoms with E-state index in [0.717, 1.165) is 0 Å². The molecule has 11 heavy (non-hydrogen) atoms. The van der Waals surface area contributed by atoms with Gasteiger partial charge in [-0.05, 0) is 34.7 Å². The van der Waals surface area contributed by atoms with Crippen molar-refractivity contribution in [2.45, 2.75) is 0 Å². The first-order valence-corrected chi connectivity index (χ1v) is 3.78. The molecular weight excluding hydrogens is 261 g/mol. The molecule has 0 spiro atoms. The third-order valence-electron chi connectivity index (χ3n) is 1.04. The predicted octanol–water partition coefficient (Wildman–Crippen LogP) is 1.09. The molecule has 0 aromatic carbocycles. The first-order valence-electron chi connectivity index (χ1n) is 2.70. The number of carboxylic acids is 1. The van der Waals surface area contributed by atoms with Gasteiger partial charge >= 0.3 is 5.97 Å². The van der Waals surface area contributed by atoms with Crippen molar-refractivity contribution in [3.05, 3.63) is 21.5 Å². The summed E-state index contributed by atoms with van der Waals surface area (Å²) in [5.74, 6) is -1.53. The molecule has 0 bridgehead atoms. The molecular formula is C6H4INO3. The summed E-state index contributed by atoms with van der Waals surface area (Å²) in [6.07, 6.45) is 0. The van der Waals surface area contributed by atoms with E-state index in [1.54, 1.807) is 0 Å². The molecule has 4 nitrogen and oxygen atoms in total. The zero-order valence-electron chi connectivity index (χ0n) is 5.28. The summed E-state index contributed by atoms with van der Waals surface area (Å²) in [6, 6.07) is 2.83. The number of carboxylic acid groups (broad SMARTS) is 1. The minimum Gasteiger partial charge on any atom is -0.505 e. The Kier molecular flexibility index (Phi) is 2.28. The summed E-state index contributed by atoms with van der Waals surface area (Å²) in [4.78, 5) is 14.0. The van der Waals surface area contributed by atoms with Crippen LogP contribution >= 0.6 is 22.6 Å². The van der Waals surface area contributed by atoms with Gasteiger partial charge in [0, 0.05) is 0 Å². The molecule has 0 aliphatic rings. The van der Waals surface area contributed by atoms with Crippen LogP contribution in [0.2, 0.25) is 0 Å². The highest BCUT2D eigenvalue weighted by Gasteiger charge is 2.10. The highest BCUT2D eigenvalue weighted by atomic mass is 127. The third kappa shape index (κ3) is 1.79. The molecule has 0 unspecified atom stereocenters. The number of nitrogens with zero attached hydrogens (tertiary/aromatic N) is 1. The highest BCUT2D eigenvalue weighted by Crippen LogP contribution is 2.15. The first kappa shape index (κ1) is 8.25. The van der Waals surface area contributed by atoms with Crippen molar-refractivity contribution in [3.63, 3.8) is 0 Å². The van der Waals surface area contributed by atoms with Gasteiger partial charge in [0.05, 0.1) is 0 Å². The van der Waals surface area contributed by atoms with Crippen LogP contribution in [0.5, 0.6) is 5.75 Å². The van der Waals surface area contributed by atoms with Gasteiger partial charge in [-0.2, -0.15) is 0 Å². The SMILES string of the molecule is O=C(O)c1nc(I)ccc1O. The van der Waals surface area contributed by atoms with E-state index in [1.807, 2.05) is 22.6 Å². The number of halogens is 1. The van der Waals surface area contributed by atoms with E-state index in [4.69, 9.17) is 10.2 Å². The van der Waals surface area contributed by atoms with Crippen LogP contribution < -0.4 is 0 Å². The molecule has 0 amide bonds. The number of pyridine rings is 1. The summed E-state index contributed by atoms with van der Waals surface area (Å²) in [6.45, 7) is 0. The zero-order chi connectivity index (χ0) is 8.43. The molecule has 1 aromatic rings. The van der Waals surface area contributed by atoms with E-state index in [2.05, 4.69) is 4.98 Å². The molecule has 58 valence electrons. The molecule has 1 rings (SSSR count). The van der Waals surface area contributed by atoms with E-state index >= 15 is 0 Å². The van der Waals surface area contributed by atoms with Gasteiger partial charge in [0.15, 0.2) is 5.69 Å².